The molecule has 3 rings (SSSR count). The SMILES string of the molecule is COc1cc(-c2coc(-c3cc(OC)c(O)c(OC)c3)n2)cc(OC)c1O. The van der Waals surface area contributed by atoms with Gasteiger partial charge in [-0.3, -0.25) is 0 Å². The first-order valence-electron chi connectivity index (χ1n) is 7.88. The third-order valence-corrected chi connectivity index (χ3v) is 4.01. The third-order valence-electron chi connectivity index (χ3n) is 4.01. The van der Waals surface area contributed by atoms with Gasteiger partial charge in [0.15, 0.2) is 23.0 Å². The van der Waals surface area contributed by atoms with Crippen molar-refractivity contribution in [2.75, 3.05) is 28.4 Å². The molecule has 0 spiro atoms. The molecule has 3 aromatic rings. The maximum absolute atomic E-state index is 10.0. The van der Waals surface area contributed by atoms with E-state index < -0.39 is 0 Å². The molecule has 2 aromatic carbocycles. The highest BCUT2D eigenvalue weighted by Gasteiger charge is 2.18. The van der Waals surface area contributed by atoms with Crippen LogP contribution in [0.2, 0.25) is 0 Å². The summed E-state index contributed by atoms with van der Waals surface area (Å²) in [5.41, 5.74) is 1.70. The zero-order chi connectivity index (χ0) is 19.6. The molecule has 2 N–H and O–H groups in total. The molecule has 0 fully saturated rings. The molecule has 0 radical (unpaired) electrons. The summed E-state index contributed by atoms with van der Waals surface area (Å²) in [5, 5.41) is 20.1. The molecule has 0 amide bonds. The Hall–Kier alpha value is -3.55. The molecule has 0 saturated heterocycles. The van der Waals surface area contributed by atoms with E-state index in [2.05, 4.69) is 4.98 Å². The number of methoxy groups -OCH3 is 4. The first-order chi connectivity index (χ1) is 13.0. The predicted molar refractivity (Wildman–Crippen MR) is 96.9 cm³/mol. The van der Waals surface area contributed by atoms with Crippen molar-refractivity contribution in [1.29, 1.82) is 0 Å². The van der Waals surface area contributed by atoms with E-state index >= 15 is 0 Å². The number of nitrogens with zero attached hydrogens (tertiary/aromatic N) is 1. The first-order valence-corrected chi connectivity index (χ1v) is 7.88. The lowest BCUT2D eigenvalue weighted by molar-refractivity contribution is 0.340. The molecule has 8 heteroatoms. The fourth-order valence-corrected chi connectivity index (χ4v) is 2.60. The molecule has 0 aliphatic rings. The lowest BCUT2D eigenvalue weighted by Crippen LogP contribution is -1.91. The maximum Gasteiger partial charge on any atom is 0.226 e. The van der Waals surface area contributed by atoms with E-state index in [4.69, 9.17) is 23.4 Å². The van der Waals surface area contributed by atoms with Crippen molar-refractivity contribution in [1.82, 2.24) is 4.98 Å². The topological polar surface area (TPSA) is 103 Å². The smallest absolute Gasteiger partial charge is 0.226 e. The van der Waals surface area contributed by atoms with Crippen molar-refractivity contribution < 1.29 is 33.6 Å². The van der Waals surface area contributed by atoms with Crippen LogP contribution in [0.5, 0.6) is 34.5 Å². The molecular formula is C19H19NO7. The Kier molecular flexibility index (Phi) is 4.98. The summed E-state index contributed by atoms with van der Waals surface area (Å²) in [6, 6.07) is 6.42. The van der Waals surface area contributed by atoms with Crippen LogP contribution in [0.25, 0.3) is 22.7 Å². The molecule has 0 saturated carbocycles. The second kappa shape index (κ2) is 7.36. The highest BCUT2D eigenvalue weighted by molar-refractivity contribution is 5.71. The summed E-state index contributed by atoms with van der Waals surface area (Å²) in [4.78, 5) is 4.46. The molecule has 1 heterocycles. The molecule has 27 heavy (non-hydrogen) atoms. The van der Waals surface area contributed by atoms with Crippen molar-refractivity contribution >= 4 is 0 Å². The summed E-state index contributed by atoms with van der Waals surface area (Å²) in [5.74, 6) is 1.06. The van der Waals surface area contributed by atoms with Crippen LogP contribution in [0.3, 0.4) is 0 Å². The minimum Gasteiger partial charge on any atom is -0.502 e. The number of rotatable bonds is 6. The standard InChI is InChI=1S/C19H19NO7/c1-23-13-5-10(6-14(24-2)17(13)21)12-9-27-19(20-12)11-7-15(25-3)18(22)16(8-11)26-4/h5-9,21-22H,1-4H3. The van der Waals surface area contributed by atoms with Gasteiger partial charge in [-0.15, -0.1) is 0 Å². The monoisotopic (exact) mass is 373 g/mol. The van der Waals surface area contributed by atoms with E-state index in [0.717, 1.165) is 0 Å². The number of benzene rings is 2. The van der Waals surface area contributed by atoms with Gasteiger partial charge in [0, 0.05) is 11.1 Å². The van der Waals surface area contributed by atoms with E-state index in [0.29, 0.717) is 22.7 Å². The number of oxazole rings is 1. The second-order valence-electron chi connectivity index (χ2n) is 5.50. The molecule has 0 unspecified atom stereocenters. The zero-order valence-electron chi connectivity index (χ0n) is 15.3. The van der Waals surface area contributed by atoms with Crippen molar-refractivity contribution in [2.24, 2.45) is 0 Å². The van der Waals surface area contributed by atoms with Crippen LogP contribution in [0.4, 0.5) is 0 Å². The highest BCUT2D eigenvalue weighted by Crippen LogP contribution is 2.42. The van der Waals surface area contributed by atoms with Gasteiger partial charge in [-0.1, -0.05) is 0 Å². The largest absolute Gasteiger partial charge is 0.502 e. The van der Waals surface area contributed by atoms with E-state index in [1.54, 1.807) is 24.3 Å². The van der Waals surface area contributed by atoms with Crippen LogP contribution in [0, 0.1) is 0 Å². The number of aromatic nitrogens is 1. The molecule has 0 aliphatic heterocycles. The van der Waals surface area contributed by atoms with E-state index in [-0.39, 0.29) is 34.5 Å². The van der Waals surface area contributed by atoms with Gasteiger partial charge >= 0.3 is 0 Å². The summed E-state index contributed by atoms with van der Waals surface area (Å²) in [6.45, 7) is 0. The number of phenolic OH excluding ortho intramolecular Hbond substituents is 2. The van der Waals surface area contributed by atoms with Gasteiger partial charge in [0.05, 0.1) is 28.4 Å². The third kappa shape index (κ3) is 3.29. The Morgan fingerprint density at radius 1 is 0.704 bits per heavy atom. The lowest BCUT2D eigenvalue weighted by atomic mass is 10.1. The molecule has 0 atom stereocenters. The van der Waals surface area contributed by atoms with E-state index in [1.165, 1.54) is 34.7 Å². The van der Waals surface area contributed by atoms with Gasteiger partial charge in [-0.2, -0.15) is 0 Å². The summed E-state index contributed by atoms with van der Waals surface area (Å²) in [6.07, 6.45) is 1.46. The van der Waals surface area contributed by atoms with E-state index in [9.17, 15) is 10.2 Å². The number of hydrogen-bond donors (Lipinski definition) is 2. The van der Waals surface area contributed by atoms with Crippen molar-refractivity contribution in [3.05, 3.63) is 30.5 Å². The minimum atomic E-state index is -0.108. The number of hydrogen-bond acceptors (Lipinski definition) is 8. The summed E-state index contributed by atoms with van der Waals surface area (Å²) < 4.78 is 26.2. The van der Waals surface area contributed by atoms with Crippen LogP contribution in [0.1, 0.15) is 0 Å². The molecule has 142 valence electrons. The summed E-state index contributed by atoms with van der Waals surface area (Å²) in [7, 11) is 5.77. The maximum atomic E-state index is 10.0. The van der Waals surface area contributed by atoms with Gasteiger partial charge in [-0.05, 0) is 24.3 Å². The zero-order valence-corrected chi connectivity index (χ0v) is 15.3. The Balaban J connectivity index is 2.06. The quantitative estimate of drug-likeness (QED) is 0.677. The van der Waals surface area contributed by atoms with Crippen molar-refractivity contribution in [2.45, 2.75) is 0 Å². The van der Waals surface area contributed by atoms with Crippen LogP contribution < -0.4 is 18.9 Å². The molecule has 0 bridgehead atoms. The van der Waals surface area contributed by atoms with E-state index in [1.807, 2.05) is 0 Å². The van der Waals surface area contributed by atoms with Gasteiger partial charge in [-0.25, -0.2) is 4.98 Å². The van der Waals surface area contributed by atoms with Crippen molar-refractivity contribution in [3.63, 3.8) is 0 Å². The van der Waals surface area contributed by atoms with Crippen LogP contribution in [-0.4, -0.2) is 43.6 Å². The van der Waals surface area contributed by atoms with Crippen LogP contribution in [0.15, 0.2) is 34.9 Å². The fourth-order valence-electron chi connectivity index (χ4n) is 2.60. The minimum absolute atomic E-state index is 0.0968. The summed E-state index contributed by atoms with van der Waals surface area (Å²) >= 11 is 0. The normalized spacial score (nSPS) is 10.5. The fraction of sp³-hybridized carbons (Fsp3) is 0.211. The number of ether oxygens (including phenoxy) is 4. The Labute approximate surface area is 155 Å². The second-order valence-corrected chi connectivity index (χ2v) is 5.50. The van der Waals surface area contributed by atoms with Gasteiger partial charge in [0.1, 0.15) is 12.0 Å². The van der Waals surface area contributed by atoms with Crippen LogP contribution in [-0.2, 0) is 0 Å². The Morgan fingerprint density at radius 2 is 1.11 bits per heavy atom. The van der Waals surface area contributed by atoms with Gasteiger partial charge in [0.25, 0.3) is 0 Å². The number of phenols is 2. The molecule has 0 aliphatic carbocycles. The average Bonchev–Trinajstić information content (AvgIpc) is 3.18. The lowest BCUT2D eigenvalue weighted by Gasteiger charge is -2.10. The first kappa shape index (κ1) is 18.2. The van der Waals surface area contributed by atoms with Gasteiger partial charge < -0.3 is 33.6 Å². The van der Waals surface area contributed by atoms with Crippen molar-refractivity contribution in [3.8, 4) is 57.2 Å². The predicted octanol–water partition coefficient (Wildman–Crippen LogP) is 3.45. The van der Waals surface area contributed by atoms with Gasteiger partial charge in [0.2, 0.25) is 17.4 Å². The molecule has 8 nitrogen and oxygen atoms in total. The average molecular weight is 373 g/mol. The number of aromatic hydroxyl groups is 2. The Morgan fingerprint density at radius 3 is 1.52 bits per heavy atom. The van der Waals surface area contributed by atoms with Crippen LogP contribution >= 0.6 is 0 Å². The Bertz CT molecular complexity index is 838. The molecular weight excluding hydrogens is 354 g/mol. The highest BCUT2D eigenvalue weighted by atomic mass is 16.5. The molecule has 1 aromatic heterocycles.